The van der Waals surface area contributed by atoms with Crippen molar-refractivity contribution in [3.8, 4) is 0 Å². The fourth-order valence-electron chi connectivity index (χ4n) is 1.91. The first kappa shape index (κ1) is 15.7. The topological polar surface area (TPSA) is 51.1 Å². The highest BCUT2D eigenvalue weighted by molar-refractivity contribution is 6.29. The second-order valence-electron chi connectivity index (χ2n) is 4.44. The Balaban J connectivity index is 2.19. The van der Waals surface area contributed by atoms with Gasteiger partial charge >= 0.3 is 0 Å². The van der Waals surface area contributed by atoms with Crippen molar-refractivity contribution in [1.82, 2.24) is 15.0 Å². The minimum Gasteiger partial charge on any atom is -0.374 e. The van der Waals surface area contributed by atoms with Crippen molar-refractivity contribution >= 4 is 17.4 Å². The van der Waals surface area contributed by atoms with E-state index in [-0.39, 0.29) is 0 Å². The molecule has 2 aromatic heterocycles. The molecule has 0 atom stereocenters. The Morgan fingerprint density at radius 3 is 2.76 bits per heavy atom. The highest BCUT2D eigenvalue weighted by Gasteiger charge is 2.11. The van der Waals surface area contributed by atoms with Gasteiger partial charge in [0.2, 0.25) is 0 Å². The molecule has 0 saturated heterocycles. The van der Waals surface area contributed by atoms with Gasteiger partial charge < -0.3 is 9.64 Å². The maximum Gasteiger partial charge on any atom is 0.158 e. The van der Waals surface area contributed by atoms with Gasteiger partial charge in [0.1, 0.15) is 17.6 Å². The third-order valence-corrected chi connectivity index (χ3v) is 3.14. The summed E-state index contributed by atoms with van der Waals surface area (Å²) in [5.74, 6) is 1.39. The molecule has 2 aromatic rings. The molecule has 0 aliphatic carbocycles. The lowest BCUT2D eigenvalue weighted by atomic mass is 10.3. The summed E-state index contributed by atoms with van der Waals surface area (Å²) in [7, 11) is 0. The van der Waals surface area contributed by atoms with Crippen LogP contribution in [-0.4, -0.2) is 28.1 Å². The highest BCUT2D eigenvalue weighted by atomic mass is 35.5. The molecular weight excluding hydrogens is 288 g/mol. The molecule has 0 fully saturated rings. The van der Waals surface area contributed by atoms with E-state index >= 15 is 0 Å². The zero-order chi connectivity index (χ0) is 15.1. The van der Waals surface area contributed by atoms with Crippen molar-refractivity contribution < 1.29 is 4.74 Å². The van der Waals surface area contributed by atoms with Gasteiger partial charge in [0.25, 0.3) is 0 Å². The van der Waals surface area contributed by atoms with Crippen LogP contribution in [0, 0.1) is 0 Å². The number of aromatic nitrogens is 3. The molecule has 0 N–H and O–H groups in total. The summed E-state index contributed by atoms with van der Waals surface area (Å²) in [4.78, 5) is 15.1. The summed E-state index contributed by atoms with van der Waals surface area (Å²) in [6.07, 6.45) is 1.79. The Morgan fingerprint density at radius 2 is 2.10 bits per heavy atom. The Hall–Kier alpha value is -1.72. The Kier molecular flexibility index (Phi) is 5.90. The number of hydrogen-bond donors (Lipinski definition) is 0. The molecule has 0 unspecified atom stereocenters. The summed E-state index contributed by atoms with van der Waals surface area (Å²) >= 11 is 6.08. The Morgan fingerprint density at radius 1 is 1.24 bits per heavy atom. The van der Waals surface area contributed by atoms with E-state index in [0.29, 0.717) is 30.7 Å². The van der Waals surface area contributed by atoms with Crippen LogP contribution in [0.3, 0.4) is 0 Å². The third-order valence-electron chi connectivity index (χ3n) is 2.95. The molecule has 2 rings (SSSR count). The number of anilines is 1. The van der Waals surface area contributed by atoms with E-state index in [2.05, 4.69) is 26.8 Å². The SMILES string of the molecule is CCOCc1nc(Cl)cc(N(CC)Cc2ccccn2)n1. The van der Waals surface area contributed by atoms with Gasteiger partial charge in [-0.15, -0.1) is 0 Å². The van der Waals surface area contributed by atoms with Crippen molar-refractivity contribution in [2.75, 3.05) is 18.1 Å². The lowest BCUT2D eigenvalue weighted by Gasteiger charge is -2.22. The van der Waals surface area contributed by atoms with E-state index in [1.54, 1.807) is 12.3 Å². The predicted molar refractivity (Wildman–Crippen MR) is 83.3 cm³/mol. The fourth-order valence-corrected chi connectivity index (χ4v) is 2.11. The van der Waals surface area contributed by atoms with Crippen molar-refractivity contribution in [3.05, 3.63) is 47.1 Å². The summed E-state index contributed by atoms with van der Waals surface area (Å²) in [6.45, 7) is 6.48. The van der Waals surface area contributed by atoms with Gasteiger partial charge in [0.05, 0.1) is 12.2 Å². The van der Waals surface area contributed by atoms with Crippen LogP contribution < -0.4 is 4.90 Å². The molecule has 0 bridgehead atoms. The second kappa shape index (κ2) is 7.90. The summed E-state index contributed by atoms with van der Waals surface area (Å²) in [5.41, 5.74) is 0.987. The van der Waals surface area contributed by atoms with E-state index in [1.807, 2.05) is 25.1 Å². The predicted octanol–water partition coefficient (Wildman–Crippen LogP) is 3.09. The van der Waals surface area contributed by atoms with E-state index in [1.165, 1.54) is 0 Å². The summed E-state index contributed by atoms with van der Waals surface area (Å²) in [5, 5.41) is 0.425. The minimum absolute atomic E-state index is 0.366. The maximum absolute atomic E-state index is 6.08. The summed E-state index contributed by atoms with van der Waals surface area (Å²) in [6, 6.07) is 7.64. The third kappa shape index (κ3) is 4.65. The molecule has 0 radical (unpaired) electrons. The van der Waals surface area contributed by atoms with Gasteiger partial charge in [-0.05, 0) is 26.0 Å². The van der Waals surface area contributed by atoms with Crippen LogP contribution in [0.2, 0.25) is 5.15 Å². The Labute approximate surface area is 130 Å². The average molecular weight is 307 g/mol. The van der Waals surface area contributed by atoms with Gasteiger partial charge in [-0.3, -0.25) is 4.98 Å². The van der Waals surface area contributed by atoms with Crippen LogP contribution in [0.1, 0.15) is 25.4 Å². The van der Waals surface area contributed by atoms with Gasteiger partial charge in [0.15, 0.2) is 5.82 Å². The molecule has 0 saturated carbocycles. The van der Waals surface area contributed by atoms with Crippen LogP contribution >= 0.6 is 11.6 Å². The van der Waals surface area contributed by atoms with Crippen molar-refractivity contribution in [1.29, 1.82) is 0 Å². The standard InChI is InChI=1S/C15H19ClN4O/c1-3-20(10-12-7-5-6-8-17-12)15-9-13(16)18-14(19-15)11-21-4-2/h5-9H,3-4,10-11H2,1-2H3. The van der Waals surface area contributed by atoms with E-state index in [0.717, 1.165) is 18.1 Å². The molecule has 21 heavy (non-hydrogen) atoms. The average Bonchev–Trinajstić information content (AvgIpc) is 2.51. The summed E-state index contributed by atoms with van der Waals surface area (Å²) < 4.78 is 5.35. The van der Waals surface area contributed by atoms with Crippen LogP contribution in [0.15, 0.2) is 30.5 Å². The van der Waals surface area contributed by atoms with E-state index in [4.69, 9.17) is 16.3 Å². The molecule has 0 amide bonds. The quantitative estimate of drug-likeness (QED) is 0.736. The van der Waals surface area contributed by atoms with E-state index < -0.39 is 0 Å². The van der Waals surface area contributed by atoms with Crippen LogP contribution in [0.25, 0.3) is 0 Å². The number of hydrogen-bond acceptors (Lipinski definition) is 5. The normalized spacial score (nSPS) is 10.6. The van der Waals surface area contributed by atoms with Crippen LogP contribution in [-0.2, 0) is 17.9 Å². The molecule has 0 aliphatic heterocycles. The smallest absolute Gasteiger partial charge is 0.158 e. The number of pyridine rings is 1. The highest BCUT2D eigenvalue weighted by Crippen LogP contribution is 2.18. The number of ether oxygens (including phenoxy) is 1. The van der Waals surface area contributed by atoms with Gasteiger partial charge in [-0.1, -0.05) is 17.7 Å². The van der Waals surface area contributed by atoms with Crippen LogP contribution in [0.5, 0.6) is 0 Å². The molecular formula is C15H19ClN4O. The largest absolute Gasteiger partial charge is 0.374 e. The molecule has 6 heteroatoms. The van der Waals surface area contributed by atoms with Gasteiger partial charge in [0, 0.05) is 25.4 Å². The fraction of sp³-hybridized carbons (Fsp3) is 0.400. The lowest BCUT2D eigenvalue weighted by molar-refractivity contribution is 0.128. The van der Waals surface area contributed by atoms with Crippen molar-refractivity contribution in [2.45, 2.75) is 27.0 Å². The number of nitrogens with zero attached hydrogens (tertiary/aromatic N) is 4. The van der Waals surface area contributed by atoms with E-state index in [9.17, 15) is 0 Å². The first-order valence-corrected chi connectivity index (χ1v) is 7.36. The maximum atomic E-state index is 6.08. The van der Waals surface area contributed by atoms with Gasteiger partial charge in [-0.2, -0.15) is 0 Å². The molecule has 0 aliphatic rings. The zero-order valence-corrected chi connectivity index (χ0v) is 13.0. The molecule has 5 nitrogen and oxygen atoms in total. The molecule has 0 aromatic carbocycles. The minimum atomic E-state index is 0.366. The number of halogens is 1. The molecule has 112 valence electrons. The number of rotatable bonds is 7. The second-order valence-corrected chi connectivity index (χ2v) is 4.82. The lowest BCUT2D eigenvalue weighted by Crippen LogP contribution is -2.24. The first-order chi connectivity index (χ1) is 10.2. The van der Waals surface area contributed by atoms with Crippen molar-refractivity contribution in [2.24, 2.45) is 0 Å². The van der Waals surface area contributed by atoms with Crippen molar-refractivity contribution in [3.63, 3.8) is 0 Å². The van der Waals surface area contributed by atoms with Gasteiger partial charge in [-0.25, -0.2) is 9.97 Å². The monoisotopic (exact) mass is 306 g/mol. The van der Waals surface area contributed by atoms with Crippen LogP contribution in [0.4, 0.5) is 5.82 Å². The molecule has 0 spiro atoms. The first-order valence-electron chi connectivity index (χ1n) is 6.99. The zero-order valence-electron chi connectivity index (χ0n) is 12.3. The molecule has 2 heterocycles. The Bertz CT molecular complexity index is 565.